The summed E-state index contributed by atoms with van der Waals surface area (Å²) < 4.78 is 1.61. The van der Waals surface area contributed by atoms with Crippen LogP contribution >= 0.6 is 0 Å². The second-order valence-electron chi connectivity index (χ2n) is 2.58. The van der Waals surface area contributed by atoms with Crippen molar-refractivity contribution in [3.05, 3.63) is 18.0 Å². The van der Waals surface area contributed by atoms with Crippen LogP contribution in [0.25, 0.3) is 0 Å². The van der Waals surface area contributed by atoms with E-state index in [2.05, 4.69) is 5.10 Å². The molecule has 0 aliphatic heterocycles. The summed E-state index contributed by atoms with van der Waals surface area (Å²) in [7, 11) is 0. The highest BCUT2D eigenvalue weighted by atomic mass is 16.4. The van der Waals surface area contributed by atoms with Gasteiger partial charge in [0.2, 0.25) is 0 Å². The molecule has 0 saturated heterocycles. The predicted octanol–water partition coefficient (Wildman–Crippen LogP) is 1.16. The zero-order valence-electron chi connectivity index (χ0n) is 6.48. The Bertz CT molecular complexity index is 265. The second-order valence-corrected chi connectivity index (χ2v) is 2.58. The van der Waals surface area contributed by atoms with Gasteiger partial charge < -0.3 is 5.11 Å². The first-order valence-corrected chi connectivity index (χ1v) is 3.39. The molecule has 11 heavy (non-hydrogen) atoms. The number of nitrogens with zero attached hydrogens (tertiary/aromatic N) is 2. The van der Waals surface area contributed by atoms with Gasteiger partial charge in [0.05, 0.1) is 0 Å². The van der Waals surface area contributed by atoms with Crippen LogP contribution in [-0.2, 0) is 0 Å². The molecule has 4 nitrogen and oxygen atoms in total. The monoisotopic (exact) mass is 154 g/mol. The number of aromatic nitrogens is 2. The first-order valence-electron chi connectivity index (χ1n) is 3.39. The van der Waals surface area contributed by atoms with Crippen LogP contribution in [-0.4, -0.2) is 20.9 Å². The normalized spacial score (nSPS) is 10.5. The molecule has 0 bridgehead atoms. The number of hydrogen-bond donors (Lipinski definition) is 1. The molecule has 0 saturated carbocycles. The molecule has 0 amide bonds. The molecule has 60 valence electrons. The van der Waals surface area contributed by atoms with E-state index < -0.39 is 5.97 Å². The van der Waals surface area contributed by atoms with Gasteiger partial charge in [0.1, 0.15) is 0 Å². The van der Waals surface area contributed by atoms with Crippen LogP contribution in [0.3, 0.4) is 0 Å². The molecule has 4 heteroatoms. The topological polar surface area (TPSA) is 55.1 Å². The van der Waals surface area contributed by atoms with E-state index in [1.54, 1.807) is 10.9 Å². The molecule has 1 rings (SSSR count). The fourth-order valence-electron chi connectivity index (χ4n) is 0.740. The average Bonchev–Trinajstić information content (AvgIpc) is 2.33. The van der Waals surface area contributed by atoms with Gasteiger partial charge in [-0.05, 0) is 19.9 Å². The van der Waals surface area contributed by atoms with Gasteiger partial charge in [-0.3, -0.25) is 4.68 Å². The van der Waals surface area contributed by atoms with Crippen molar-refractivity contribution in [2.45, 2.75) is 19.9 Å². The second kappa shape index (κ2) is 2.74. The third-order valence-corrected chi connectivity index (χ3v) is 1.36. The Morgan fingerprint density at radius 2 is 2.36 bits per heavy atom. The van der Waals surface area contributed by atoms with E-state index in [1.165, 1.54) is 6.07 Å². The lowest BCUT2D eigenvalue weighted by Crippen LogP contribution is -2.04. The van der Waals surface area contributed by atoms with Crippen molar-refractivity contribution in [2.75, 3.05) is 0 Å². The van der Waals surface area contributed by atoms with E-state index in [0.29, 0.717) is 0 Å². The smallest absolute Gasteiger partial charge is 0.356 e. The quantitative estimate of drug-likeness (QED) is 0.695. The molecule has 0 aliphatic carbocycles. The lowest BCUT2D eigenvalue weighted by molar-refractivity contribution is 0.0689. The highest BCUT2D eigenvalue weighted by Crippen LogP contribution is 2.03. The summed E-state index contributed by atoms with van der Waals surface area (Å²) in [6.07, 6.45) is 1.66. The number of hydrogen-bond acceptors (Lipinski definition) is 2. The number of rotatable bonds is 2. The van der Waals surface area contributed by atoms with Crippen LogP contribution in [0, 0.1) is 0 Å². The van der Waals surface area contributed by atoms with Gasteiger partial charge in [0.25, 0.3) is 0 Å². The molecule has 0 radical (unpaired) electrons. The molecule has 1 aromatic heterocycles. The molecule has 0 unspecified atom stereocenters. The van der Waals surface area contributed by atoms with E-state index in [4.69, 9.17) is 5.11 Å². The maximum atomic E-state index is 10.4. The zero-order valence-corrected chi connectivity index (χ0v) is 6.48. The van der Waals surface area contributed by atoms with Crippen LogP contribution < -0.4 is 0 Å². The fraction of sp³-hybridized carbons (Fsp3) is 0.429. The van der Waals surface area contributed by atoms with Gasteiger partial charge in [-0.2, -0.15) is 5.10 Å². The van der Waals surface area contributed by atoms with Crippen molar-refractivity contribution >= 4 is 5.97 Å². The number of carboxylic acids is 1. The summed E-state index contributed by atoms with van der Waals surface area (Å²) in [6.45, 7) is 3.89. The minimum absolute atomic E-state index is 0.0960. The summed E-state index contributed by atoms with van der Waals surface area (Å²) in [5.74, 6) is -0.982. The number of aromatic carboxylic acids is 1. The van der Waals surface area contributed by atoms with E-state index in [0.717, 1.165) is 0 Å². The van der Waals surface area contributed by atoms with E-state index in [9.17, 15) is 4.79 Å². The first kappa shape index (κ1) is 7.78. The molecule has 0 fully saturated rings. The SMILES string of the molecule is CC(C)n1ccc(C(=O)O)n1. The third kappa shape index (κ3) is 1.58. The van der Waals surface area contributed by atoms with Gasteiger partial charge in [0.15, 0.2) is 5.69 Å². The summed E-state index contributed by atoms with van der Waals surface area (Å²) in [5, 5.41) is 12.3. The highest BCUT2D eigenvalue weighted by Gasteiger charge is 2.07. The van der Waals surface area contributed by atoms with Crippen molar-refractivity contribution < 1.29 is 9.90 Å². The molecular weight excluding hydrogens is 144 g/mol. The van der Waals surface area contributed by atoms with Crippen LogP contribution in [0.5, 0.6) is 0 Å². The van der Waals surface area contributed by atoms with Crippen molar-refractivity contribution in [1.82, 2.24) is 9.78 Å². The van der Waals surface area contributed by atoms with E-state index in [-0.39, 0.29) is 11.7 Å². The Morgan fingerprint density at radius 3 is 2.64 bits per heavy atom. The Labute approximate surface area is 64.5 Å². The lowest BCUT2D eigenvalue weighted by atomic mass is 10.4. The molecule has 1 N–H and O–H groups in total. The minimum Gasteiger partial charge on any atom is -0.476 e. The molecule has 0 spiro atoms. The van der Waals surface area contributed by atoms with Crippen LogP contribution in [0.1, 0.15) is 30.4 Å². The maximum absolute atomic E-state index is 10.4. The lowest BCUT2D eigenvalue weighted by Gasteiger charge is -2.02. The molecule has 1 aromatic rings. The van der Waals surface area contributed by atoms with E-state index >= 15 is 0 Å². The van der Waals surface area contributed by atoms with Gasteiger partial charge in [-0.25, -0.2) is 4.79 Å². The van der Waals surface area contributed by atoms with Crippen molar-refractivity contribution in [3.8, 4) is 0 Å². The van der Waals surface area contributed by atoms with E-state index in [1.807, 2.05) is 13.8 Å². The fourth-order valence-corrected chi connectivity index (χ4v) is 0.740. The first-order chi connectivity index (χ1) is 5.11. The minimum atomic E-state index is -0.982. The van der Waals surface area contributed by atoms with Crippen molar-refractivity contribution in [1.29, 1.82) is 0 Å². The molecule has 0 aromatic carbocycles. The van der Waals surface area contributed by atoms with Crippen molar-refractivity contribution in [3.63, 3.8) is 0 Å². The largest absolute Gasteiger partial charge is 0.476 e. The third-order valence-electron chi connectivity index (χ3n) is 1.36. The van der Waals surface area contributed by atoms with Gasteiger partial charge >= 0.3 is 5.97 Å². The summed E-state index contributed by atoms with van der Waals surface area (Å²) >= 11 is 0. The standard InChI is InChI=1S/C7H10N2O2/c1-5(2)9-4-3-6(8-9)7(10)11/h3-5H,1-2H3,(H,10,11). The van der Waals surface area contributed by atoms with Crippen LogP contribution in [0.4, 0.5) is 0 Å². The van der Waals surface area contributed by atoms with Crippen LogP contribution in [0.2, 0.25) is 0 Å². The zero-order chi connectivity index (χ0) is 8.43. The summed E-state index contributed by atoms with van der Waals surface area (Å²) in [4.78, 5) is 10.4. The predicted molar refractivity (Wildman–Crippen MR) is 39.6 cm³/mol. The molecule has 0 atom stereocenters. The average molecular weight is 154 g/mol. The maximum Gasteiger partial charge on any atom is 0.356 e. The van der Waals surface area contributed by atoms with Gasteiger partial charge in [-0.1, -0.05) is 0 Å². The van der Waals surface area contributed by atoms with Gasteiger partial charge in [0, 0.05) is 12.2 Å². The summed E-state index contributed by atoms with van der Waals surface area (Å²) in [5.41, 5.74) is 0.0960. The summed E-state index contributed by atoms with van der Waals surface area (Å²) in [6, 6.07) is 1.70. The number of carboxylic acid groups (broad SMARTS) is 1. The Balaban J connectivity index is 2.90. The Kier molecular flexibility index (Phi) is 1.94. The Hall–Kier alpha value is -1.32. The highest BCUT2D eigenvalue weighted by molar-refractivity contribution is 5.85. The number of carbonyl (C=O) groups is 1. The molecular formula is C7H10N2O2. The molecule has 1 heterocycles. The van der Waals surface area contributed by atoms with Gasteiger partial charge in [-0.15, -0.1) is 0 Å². The molecule has 0 aliphatic rings. The Morgan fingerprint density at radius 1 is 1.73 bits per heavy atom. The van der Waals surface area contributed by atoms with Crippen LogP contribution in [0.15, 0.2) is 12.3 Å². The van der Waals surface area contributed by atoms with Crippen molar-refractivity contribution in [2.24, 2.45) is 0 Å².